The topological polar surface area (TPSA) is 72.1 Å². The standard InChI is InChI=1S/C17H16ClF3N4O/c18-15-8-12(23-9-24-15)11-5-4-10(17(19,20)21)7-14(11)25-6-2-1-3-13(25)16(22)26/h4-5,7-9,13H,1-3,6H2,(H2,22,26). The van der Waals surface area contributed by atoms with Crippen molar-refractivity contribution in [3.8, 4) is 11.3 Å². The highest BCUT2D eigenvalue weighted by molar-refractivity contribution is 6.29. The second-order valence-corrected chi connectivity index (χ2v) is 6.45. The van der Waals surface area contributed by atoms with Crippen LogP contribution < -0.4 is 10.6 Å². The van der Waals surface area contributed by atoms with Gasteiger partial charge in [0.25, 0.3) is 0 Å². The summed E-state index contributed by atoms with van der Waals surface area (Å²) in [5.74, 6) is -0.561. The number of anilines is 1. The summed E-state index contributed by atoms with van der Waals surface area (Å²) in [6, 6.07) is 4.16. The summed E-state index contributed by atoms with van der Waals surface area (Å²) in [5, 5.41) is 0.172. The van der Waals surface area contributed by atoms with E-state index in [1.807, 2.05) is 0 Å². The number of hydrogen-bond donors (Lipinski definition) is 1. The predicted molar refractivity (Wildman–Crippen MR) is 91.7 cm³/mol. The fourth-order valence-corrected chi connectivity index (χ4v) is 3.31. The molecule has 0 spiro atoms. The third-order valence-electron chi connectivity index (χ3n) is 4.38. The summed E-state index contributed by atoms with van der Waals surface area (Å²) in [6.45, 7) is 0.431. The van der Waals surface area contributed by atoms with Gasteiger partial charge in [-0.2, -0.15) is 13.2 Å². The van der Waals surface area contributed by atoms with Gasteiger partial charge < -0.3 is 10.6 Å². The molecule has 3 rings (SSSR count). The molecule has 1 saturated heterocycles. The van der Waals surface area contributed by atoms with Crippen LogP contribution in [0, 0.1) is 0 Å². The minimum atomic E-state index is -4.51. The van der Waals surface area contributed by atoms with Crippen molar-refractivity contribution in [1.29, 1.82) is 0 Å². The highest BCUT2D eigenvalue weighted by atomic mass is 35.5. The Labute approximate surface area is 153 Å². The van der Waals surface area contributed by atoms with E-state index >= 15 is 0 Å². The van der Waals surface area contributed by atoms with E-state index < -0.39 is 23.7 Å². The van der Waals surface area contributed by atoms with Crippen molar-refractivity contribution >= 4 is 23.2 Å². The molecule has 1 aromatic carbocycles. The largest absolute Gasteiger partial charge is 0.416 e. The minimum Gasteiger partial charge on any atom is -0.368 e. The molecule has 1 atom stereocenters. The highest BCUT2D eigenvalue weighted by Gasteiger charge is 2.34. The quantitative estimate of drug-likeness (QED) is 0.820. The Kier molecular flexibility index (Phi) is 5.04. The minimum absolute atomic E-state index is 0.172. The van der Waals surface area contributed by atoms with Crippen LogP contribution in [0.3, 0.4) is 0 Å². The van der Waals surface area contributed by atoms with Crippen molar-refractivity contribution in [2.45, 2.75) is 31.5 Å². The number of benzene rings is 1. The molecule has 1 amide bonds. The Morgan fingerprint density at radius 3 is 2.65 bits per heavy atom. The van der Waals surface area contributed by atoms with E-state index in [0.29, 0.717) is 24.2 Å². The lowest BCUT2D eigenvalue weighted by atomic mass is 9.97. The maximum absolute atomic E-state index is 13.2. The first kappa shape index (κ1) is 18.4. The van der Waals surface area contributed by atoms with E-state index in [-0.39, 0.29) is 10.8 Å². The van der Waals surface area contributed by atoms with Gasteiger partial charge in [0.2, 0.25) is 5.91 Å². The van der Waals surface area contributed by atoms with E-state index in [4.69, 9.17) is 17.3 Å². The van der Waals surface area contributed by atoms with E-state index in [2.05, 4.69) is 9.97 Å². The Hall–Kier alpha value is -2.35. The smallest absolute Gasteiger partial charge is 0.368 e. The lowest BCUT2D eigenvalue weighted by Crippen LogP contribution is -2.48. The summed E-state index contributed by atoms with van der Waals surface area (Å²) in [6.07, 6.45) is -1.23. The van der Waals surface area contributed by atoms with Gasteiger partial charge in [-0.25, -0.2) is 9.97 Å². The van der Waals surface area contributed by atoms with Crippen molar-refractivity contribution in [1.82, 2.24) is 9.97 Å². The van der Waals surface area contributed by atoms with Crippen LogP contribution in [-0.4, -0.2) is 28.5 Å². The second-order valence-electron chi connectivity index (χ2n) is 6.06. The number of carbonyl (C=O) groups excluding carboxylic acids is 1. The van der Waals surface area contributed by atoms with Crippen LogP contribution in [0.5, 0.6) is 0 Å². The van der Waals surface area contributed by atoms with E-state index in [1.165, 1.54) is 18.5 Å². The van der Waals surface area contributed by atoms with Crippen molar-refractivity contribution in [2.24, 2.45) is 5.73 Å². The molecule has 2 aromatic rings. The third kappa shape index (κ3) is 3.75. The lowest BCUT2D eigenvalue weighted by molar-refractivity contribution is -0.137. The number of amides is 1. The number of primary amides is 1. The molecule has 0 saturated carbocycles. The molecule has 1 unspecified atom stereocenters. The first-order chi connectivity index (χ1) is 12.3. The molecular weight excluding hydrogens is 369 g/mol. The number of hydrogen-bond acceptors (Lipinski definition) is 4. The van der Waals surface area contributed by atoms with Gasteiger partial charge in [-0.1, -0.05) is 17.7 Å². The predicted octanol–water partition coefficient (Wildman–Crippen LogP) is 3.66. The van der Waals surface area contributed by atoms with Gasteiger partial charge in [0.1, 0.15) is 17.5 Å². The molecule has 2 N–H and O–H groups in total. The Morgan fingerprint density at radius 1 is 1.23 bits per heavy atom. The summed E-state index contributed by atoms with van der Waals surface area (Å²) >= 11 is 5.90. The van der Waals surface area contributed by atoms with Gasteiger partial charge in [0.05, 0.1) is 11.3 Å². The van der Waals surface area contributed by atoms with Crippen LogP contribution >= 0.6 is 11.6 Å². The van der Waals surface area contributed by atoms with Gasteiger partial charge in [-0.05, 0) is 31.4 Å². The number of alkyl halides is 3. The monoisotopic (exact) mass is 384 g/mol. The van der Waals surface area contributed by atoms with Crippen LogP contribution in [0.4, 0.5) is 18.9 Å². The number of nitrogens with zero attached hydrogens (tertiary/aromatic N) is 3. The number of nitrogens with two attached hydrogens (primary N) is 1. The summed E-state index contributed by atoms with van der Waals surface area (Å²) in [4.78, 5) is 21.4. The molecule has 2 heterocycles. The molecule has 1 aliphatic heterocycles. The lowest BCUT2D eigenvalue weighted by Gasteiger charge is -2.37. The van der Waals surface area contributed by atoms with E-state index in [0.717, 1.165) is 25.0 Å². The van der Waals surface area contributed by atoms with Crippen LogP contribution in [0.2, 0.25) is 5.15 Å². The molecule has 0 radical (unpaired) electrons. The molecule has 5 nitrogen and oxygen atoms in total. The summed E-state index contributed by atoms with van der Waals surface area (Å²) in [5.41, 5.74) is 5.76. The van der Waals surface area contributed by atoms with Gasteiger partial charge >= 0.3 is 6.18 Å². The van der Waals surface area contributed by atoms with Gasteiger partial charge in [0.15, 0.2) is 0 Å². The summed E-state index contributed by atoms with van der Waals surface area (Å²) < 4.78 is 39.7. The SMILES string of the molecule is NC(=O)C1CCCCN1c1cc(C(F)(F)F)ccc1-c1cc(Cl)ncn1. The average Bonchev–Trinajstić information content (AvgIpc) is 2.60. The number of rotatable bonds is 3. The van der Waals surface area contributed by atoms with Crippen molar-refractivity contribution in [2.75, 3.05) is 11.4 Å². The summed E-state index contributed by atoms with van der Waals surface area (Å²) in [7, 11) is 0. The Bertz CT molecular complexity index is 828. The van der Waals surface area contributed by atoms with Crippen molar-refractivity contribution < 1.29 is 18.0 Å². The first-order valence-electron chi connectivity index (χ1n) is 8.02. The van der Waals surface area contributed by atoms with Crippen LogP contribution in [0.15, 0.2) is 30.6 Å². The van der Waals surface area contributed by atoms with Crippen molar-refractivity contribution in [3.05, 3.63) is 41.3 Å². The third-order valence-corrected chi connectivity index (χ3v) is 4.58. The van der Waals surface area contributed by atoms with Crippen LogP contribution in [0.25, 0.3) is 11.3 Å². The fraction of sp³-hybridized carbons (Fsp3) is 0.353. The van der Waals surface area contributed by atoms with Crippen molar-refractivity contribution in [3.63, 3.8) is 0 Å². The number of piperidine rings is 1. The maximum Gasteiger partial charge on any atom is 0.416 e. The van der Waals surface area contributed by atoms with Gasteiger partial charge in [0, 0.05) is 23.9 Å². The average molecular weight is 385 g/mol. The zero-order chi connectivity index (χ0) is 18.9. The zero-order valence-corrected chi connectivity index (χ0v) is 14.4. The van der Waals surface area contributed by atoms with Crippen LogP contribution in [0.1, 0.15) is 24.8 Å². The van der Waals surface area contributed by atoms with E-state index in [9.17, 15) is 18.0 Å². The molecular formula is C17H16ClF3N4O. The number of halogens is 4. The molecule has 138 valence electrons. The van der Waals surface area contributed by atoms with Gasteiger partial charge in [-0.3, -0.25) is 4.79 Å². The zero-order valence-electron chi connectivity index (χ0n) is 13.6. The van der Waals surface area contributed by atoms with Gasteiger partial charge in [-0.15, -0.1) is 0 Å². The van der Waals surface area contributed by atoms with Crippen LogP contribution in [-0.2, 0) is 11.0 Å². The fourth-order valence-electron chi connectivity index (χ4n) is 3.16. The highest BCUT2D eigenvalue weighted by Crippen LogP contribution is 2.39. The molecule has 1 fully saturated rings. The number of aromatic nitrogens is 2. The molecule has 1 aliphatic rings. The normalized spacial score (nSPS) is 18.0. The Morgan fingerprint density at radius 2 is 2.00 bits per heavy atom. The van der Waals surface area contributed by atoms with E-state index in [1.54, 1.807) is 4.90 Å². The molecule has 9 heteroatoms. The molecule has 1 aromatic heterocycles. The molecule has 0 bridgehead atoms. The first-order valence-corrected chi connectivity index (χ1v) is 8.40. The molecule has 0 aliphatic carbocycles. The Balaban J connectivity index is 2.17. The second kappa shape index (κ2) is 7.11. The number of carbonyl (C=O) groups is 1. The molecule has 26 heavy (non-hydrogen) atoms. The maximum atomic E-state index is 13.2.